The Labute approximate surface area is 162 Å². The summed E-state index contributed by atoms with van der Waals surface area (Å²) in [5.74, 6) is 1.56. The minimum atomic E-state index is -0.357. The molecule has 0 N–H and O–H groups in total. The van der Waals surface area contributed by atoms with Crippen LogP contribution in [-0.4, -0.2) is 34.0 Å². The van der Waals surface area contributed by atoms with Crippen molar-refractivity contribution in [3.05, 3.63) is 72.0 Å². The minimum absolute atomic E-state index is 0.0734. The monoisotopic (exact) mass is 377 g/mol. The van der Waals surface area contributed by atoms with Gasteiger partial charge in [0, 0.05) is 7.05 Å². The van der Waals surface area contributed by atoms with Gasteiger partial charge in [0.2, 0.25) is 0 Å². The number of benzene rings is 2. The van der Waals surface area contributed by atoms with E-state index in [0.29, 0.717) is 17.0 Å². The van der Waals surface area contributed by atoms with Crippen molar-refractivity contribution in [3.8, 4) is 17.1 Å². The van der Waals surface area contributed by atoms with Gasteiger partial charge in [0.05, 0.1) is 18.7 Å². The highest BCUT2D eigenvalue weighted by molar-refractivity contribution is 5.60. The molecule has 0 aliphatic heterocycles. The zero-order valence-electron chi connectivity index (χ0n) is 15.9. The average Bonchev–Trinajstić information content (AvgIpc) is 3.16. The summed E-state index contributed by atoms with van der Waals surface area (Å²) in [4.78, 5) is 2.05. The van der Waals surface area contributed by atoms with Crippen molar-refractivity contribution in [3.63, 3.8) is 0 Å². The predicted molar refractivity (Wildman–Crippen MR) is 106 cm³/mol. The molecule has 0 aliphatic carbocycles. The third-order valence-corrected chi connectivity index (χ3v) is 4.90. The number of fused-ring (bicyclic) bond motifs is 1. The molecule has 0 bridgehead atoms. The quantitative estimate of drug-likeness (QED) is 0.523. The number of nitrogens with zero attached hydrogens (tertiary/aromatic N) is 5. The van der Waals surface area contributed by atoms with Gasteiger partial charge in [-0.3, -0.25) is 0 Å². The summed E-state index contributed by atoms with van der Waals surface area (Å²) in [5.41, 5.74) is 2.06. The zero-order valence-corrected chi connectivity index (χ0v) is 15.9. The topological polar surface area (TPSA) is 55.5 Å². The molecule has 4 aromatic rings. The van der Waals surface area contributed by atoms with E-state index in [2.05, 4.69) is 22.2 Å². The lowest BCUT2D eigenvalue weighted by Crippen LogP contribution is -2.23. The number of hydrogen-bond acceptors (Lipinski definition) is 5. The summed E-state index contributed by atoms with van der Waals surface area (Å²) in [7, 11) is 3.62. The summed E-state index contributed by atoms with van der Waals surface area (Å²) in [5, 5.41) is 12.9. The molecule has 0 radical (unpaired) electrons. The molecule has 0 saturated heterocycles. The maximum absolute atomic E-state index is 14.2. The number of methoxy groups -OCH3 is 1. The lowest BCUT2D eigenvalue weighted by Gasteiger charge is -2.26. The Morgan fingerprint density at radius 3 is 2.46 bits per heavy atom. The highest BCUT2D eigenvalue weighted by atomic mass is 19.1. The van der Waals surface area contributed by atoms with Crippen LogP contribution in [0.25, 0.3) is 17.0 Å². The second kappa shape index (κ2) is 7.26. The predicted octanol–water partition coefficient (Wildman–Crippen LogP) is 4.14. The third-order valence-electron chi connectivity index (χ3n) is 4.90. The number of ether oxygens (including phenoxy) is 1. The van der Waals surface area contributed by atoms with Crippen molar-refractivity contribution in [1.82, 2.24) is 19.8 Å². The second-order valence-electron chi connectivity index (χ2n) is 6.53. The molecule has 28 heavy (non-hydrogen) atoms. The largest absolute Gasteiger partial charge is 0.497 e. The Kier molecular flexibility index (Phi) is 4.65. The van der Waals surface area contributed by atoms with E-state index in [0.717, 1.165) is 17.1 Å². The van der Waals surface area contributed by atoms with E-state index in [1.54, 1.807) is 29.8 Å². The molecule has 7 heteroatoms. The molecule has 0 fully saturated rings. The molecule has 2 heterocycles. The van der Waals surface area contributed by atoms with E-state index >= 15 is 0 Å². The number of hydrogen-bond donors (Lipinski definition) is 0. The molecule has 142 valence electrons. The van der Waals surface area contributed by atoms with Crippen LogP contribution in [0, 0.1) is 5.82 Å². The first-order valence-corrected chi connectivity index (χ1v) is 8.92. The molecule has 1 unspecified atom stereocenters. The van der Waals surface area contributed by atoms with E-state index in [4.69, 9.17) is 4.74 Å². The van der Waals surface area contributed by atoms with Gasteiger partial charge in [0.15, 0.2) is 11.5 Å². The summed E-state index contributed by atoms with van der Waals surface area (Å²) in [6, 6.07) is 18.2. The van der Waals surface area contributed by atoms with Crippen LogP contribution in [0.5, 0.6) is 5.75 Å². The van der Waals surface area contributed by atoms with E-state index in [-0.39, 0.29) is 11.9 Å². The minimum Gasteiger partial charge on any atom is -0.497 e. The van der Waals surface area contributed by atoms with Gasteiger partial charge < -0.3 is 9.64 Å². The van der Waals surface area contributed by atoms with E-state index < -0.39 is 0 Å². The molecule has 0 aliphatic rings. The first-order chi connectivity index (χ1) is 13.6. The number of aromatic nitrogens is 4. The van der Waals surface area contributed by atoms with Crippen molar-refractivity contribution in [2.45, 2.75) is 13.0 Å². The lowest BCUT2D eigenvalue weighted by molar-refractivity contribution is 0.414. The van der Waals surface area contributed by atoms with Gasteiger partial charge in [-0.2, -0.15) is 4.52 Å². The van der Waals surface area contributed by atoms with Gasteiger partial charge >= 0.3 is 0 Å². The highest BCUT2D eigenvalue weighted by Crippen LogP contribution is 2.27. The SMILES string of the molecule is COc1ccc(C(C)N(C)c2ccc3nnc(-c4ccccc4F)n3n2)cc1. The van der Waals surface area contributed by atoms with Gasteiger partial charge in [-0.25, -0.2) is 4.39 Å². The highest BCUT2D eigenvalue weighted by Gasteiger charge is 2.17. The molecule has 2 aromatic carbocycles. The number of anilines is 1. The van der Waals surface area contributed by atoms with Crippen molar-refractivity contribution in [1.29, 1.82) is 0 Å². The van der Waals surface area contributed by atoms with Crippen LogP contribution < -0.4 is 9.64 Å². The average molecular weight is 377 g/mol. The Morgan fingerprint density at radius 1 is 1.00 bits per heavy atom. The summed E-state index contributed by atoms with van der Waals surface area (Å²) in [6.07, 6.45) is 0. The fraction of sp³-hybridized carbons (Fsp3) is 0.190. The summed E-state index contributed by atoms with van der Waals surface area (Å²) >= 11 is 0. The maximum atomic E-state index is 14.2. The Balaban J connectivity index is 1.70. The molecule has 4 rings (SSSR count). The van der Waals surface area contributed by atoms with Crippen molar-refractivity contribution < 1.29 is 9.13 Å². The van der Waals surface area contributed by atoms with E-state index in [9.17, 15) is 4.39 Å². The lowest BCUT2D eigenvalue weighted by atomic mass is 10.1. The summed E-state index contributed by atoms with van der Waals surface area (Å²) < 4.78 is 21.0. The van der Waals surface area contributed by atoms with Crippen LogP contribution in [0.1, 0.15) is 18.5 Å². The fourth-order valence-electron chi connectivity index (χ4n) is 3.08. The van der Waals surface area contributed by atoms with Gasteiger partial charge in [-0.05, 0) is 48.9 Å². The molecule has 1 atom stereocenters. The number of rotatable bonds is 5. The zero-order chi connectivity index (χ0) is 19.7. The van der Waals surface area contributed by atoms with Crippen LogP contribution in [0.3, 0.4) is 0 Å². The molecule has 0 amide bonds. The molecule has 0 spiro atoms. The Bertz CT molecular complexity index is 1110. The number of halogens is 1. The van der Waals surface area contributed by atoms with Gasteiger partial charge in [0.1, 0.15) is 17.4 Å². The van der Waals surface area contributed by atoms with Crippen LogP contribution in [0.2, 0.25) is 0 Å². The molecular formula is C21H20FN5O. The standard InChI is InChI=1S/C21H20FN5O/c1-14(15-8-10-16(28-3)11-9-15)26(2)20-13-12-19-23-24-21(27(19)25-20)17-6-4-5-7-18(17)22/h4-14H,1-3H3. The van der Waals surface area contributed by atoms with Crippen LogP contribution in [0.4, 0.5) is 10.2 Å². The fourth-order valence-corrected chi connectivity index (χ4v) is 3.08. The van der Waals surface area contributed by atoms with Crippen LogP contribution in [-0.2, 0) is 0 Å². The van der Waals surface area contributed by atoms with Gasteiger partial charge in [-0.1, -0.05) is 24.3 Å². The van der Waals surface area contributed by atoms with Crippen molar-refractivity contribution in [2.24, 2.45) is 0 Å². The van der Waals surface area contributed by atoms with E-state index in [1.165, 1.54) is 6.07 Å². The first-order valence-electron chi connectivity index (χ1n) is 8.92. The van der Waals surface area contributed by atoms with Crippen LogP contribution in [0.15, 0.2) is 60.7 Å². The van der Waals surface area contributed by atoms with Gasteiger partial charge in [-0.15, -0.1) is 15.3 Å². The molecule has 2 aromatic heterocycles. The van der Waals surface area contributed by atoms with E-state index in [1.807, 2.05) is 48.3 Å². The van der Waals surface area contributed by atoms with Crippen LogP contribution >= 0.6 is 0 Å². The normalized spacial score (nSPS) is 12.1. The Morgan fingerprint density at radius 2 is 1.75 bits per heavy atom. The van der Waals surface area contributed by atoms with Crippen molar-refractivity contribution in [2.75, 3.05) is 19.1 Å². The smallest absolute Gasteiger partial charge is 0.188 e. The molecule has 0 saturated carbocycles. The molecule has 6 nitrogen and oxygen atoms in total. The van der Waals surface area contributed by atoms with Crippen molar-refractivity contribution >= 4 is 11.5 Å². The summed E-state index contributed by atoms with van der Waals surface area (Å²) in [6.45, 7) is 2.09. The first kappa shape index (κ1) is 17.9. The second-order valence-corrected chi connectivity index (χ2v) is 6.53. The Hall–Kier alpha value is -3.48. The maximum Gasteiger partial charge on any atom is 0.188 e. The third kappa shape index (κ3) is 3.15. The molecular weight excluding hydrogens is 357 g/mol. The van der Waals surface area contributed by atoms with Gasteiger partial charge in [0.25, 0.3) is 0 Å².